The van der Waals surface area contributed by atoms with E-state index in [0.29, 0.717) is 24.3 Å². The first-order valence-corrected chi connectivity index (χ1v) is 7.62. The summed E-state index contributed by atoms with van der Waals surface area (Å²) in [6.07, 6.45) is 4.55. The predicted molar refractivity (Wildman–Crippen MR) is 94.7 cm³/mol. The largest absolute Gasteiger partial charge is 0.457 e. The maximum Gasteiger partial charge on any atom is 0.130 e. The van der Waals surface area contributed by atoms with E-state index in [1.807, 2.05) is 36.4 Å². The minimum Gasteiger partial charge on any atom is -0.457 e. The Morgan fingerprint density at radius 2 is 1.22 bits per heavy atom. The highest BCUT2D eigenvalue weighted by atomic mass is 16.5. The van der Waals surface area contributed by atoms with Crippen molar-refractivity contribution in [1.29, 1.82) is 0 Å². The zero-order valence-corrected chi connectivity index (χ0v) is 13.2. The van der Waals surface area contributed by atoms with E-state index in [9.17, 15) is 10.2 Å². The van der Waals surface area contributed by atoms with E-state index in [4.69, 9.17) is 4.74 Å². The van der Waals surface area contributed by atoms with Crippen LogP contribution in [0.3, 0.4) is 0 Å². The van der Waals surface area contributed by atoms with Gasteiger partial charge in [-0.2, -0.15) is 0 Å². The molecular weight excluding hydrogens is 288 g/mol. The second-order valence-electron chi connectivity index (χ2n) is 5.19. The highest BCUT2D eigenvalue weighted by Crippen LogP contribution is 2.30. The van der Waals surface area contributed by atoms with Gasteiger partial charge in [-0.15, -0.1) is 0 Å². The van der Waals surface area contributed by atoms with Crippen LogP contribution in [-0.2, 0) is 12.8 Å². The van der Waals surface area contributed by atoms with Crippen LogP contribution in [0.4, 0.5) is 0 Å². The van der Waals surface area contributed by atoms with Gasteiger partial charge in [-0.05, 0) is 59.4 Å². The number of ether oxygens (including phenoxy) is 1. The molecule has 3 heteroatoms. The maximum atomic E-state index is 9.26. The van der Waals surface area contributed by atoms with E-state index in [0.717, 1.165) is 22.3 Å². The van der Waals surface area contributed by atoms with Crippen LogP contribution >= 0.6 is 0 Å². The molecule has 2 rings (SSSR count). The summed E-state index contributed by atoms with van der Waals surface area (Å²) < 4.78 is 6.05. The molecule has 120 valence electrons. The number of aliphatic hydroxyl groups is 2. The minimum atomic E-state index is 0.0514. The first-order chi connectivity index (χ1) is 11.2. The van der Waals surface area contributed by atoms with Gasteiger partial charge in [0.1, 0.15) is 11.5 Å². The average Bonchev–Trinajstić information content (AvgIpc) is 2.58. The third kappa shape index (κ3) is 4.31. The van der Waals surface area contributed by atoms with Crippen molar-refractivity contribution in [3.8, 4) is 11.5 Å². The van der Waals surface area contributed by atoms with Crippen molar-refractivity contribution >= 4 is 12.2 Å². The van der Waals surface area contributed by atoms with Gasteiger partial charge in [0.15, 0.2) is 0 Å². The monoisotopic (exact) mass is 310 g/mol. The number of benzene rings is 2. The Kier molecular flexibility index (Phi) is 6.15. The number of hydrogen-bond donors (Lipinski definition) is 2. The Labute approximate surface area is 137 Å². The van der Waals surface area contributed by atoms with Crippen molar-refractivity contribution in [2.45, 2.75) is 12.8 Å². The average molecular weight is 310 g/mol. The second-order valence-corrected chi connectivity index (χ2v) is 5.19. The molecule has 0 atom stereocenters. The SMILES string of the molecule is C=Cc1ccc(Oc2ccc(C=C)cc2CCO)c(CCO)c1. The molecule has 0 saturated heterocycles. The van der Waals surface area contributed by atoms with Gasteiger partial charge < -0.3 is 14.9 Å². The Morgan fingerprint density at radius 1 is 0.783 bits per heavy atom. The number of rotatable bonds is 8. The molecule has 0 heterocycles. The molecule has 0 amide bonds. The lowest BCUT2D eigenvalue weighted by molar-refractivity contribution is 0.296. The van der Waals surface area contributed by atoms with Gasteiger partial charge in [-0.25, -0.2) is 0 Å². The molecule has 0 radical (unpaired) electrons. The molecular formula is C20H22O3. The van der Waals surface area contributed by atoms with E-state index in [-0.39, 0.29) is 13.2 Å². The molecule has 0 bridgehead atoms. The summed E-state index contributed by atoms with van der Waals surface area (Å²) in [7, 11) is 0. The third-order valence-corrected chi connectivity index (χ3v) is 3.62. The summed E-state index contributed by atoms with van der Waals surface area (Å²) in [6.45, 7) is 7.63. The van der Waals surface area contributed by atoms with Crippen LogP contribution in [0.5, 0.6) is 11.5 Å². The molecule has 23 heavy (non-hydrogen) atoms. The summed E-state index contributed by atoms with van der Waals surface area (Å²) in [6, 6.07) is 11.5. The number of hydrogen-bond acceptors (Lipinski definition) is 3. The molecule has 0 aliphatic rings. The molecule has 0 unspecified atom stereocenters. The van der Waals surface area contributed by atoms with Gasteiger partial charge in [0.25, 0.3) is 0 Å². The Hall–Kier alpha value is -2.36. The molecule has 0 saturated carbocycles. The second kappa shape index (κ2) is 8.32. The van der Waals surface area contributed by atoms with Gasteiger partial charge in [0, 0.05) is 13.2 Å². The van der Waals surface area contributed by atoms with Crippen LogP contribution in [-0.4, -0.2) is 23.4 Å². The molecule has 0 aromatic heterocycles. The van der Waals surface area contributed by atoms with Gasteiger partial charge in [-0.1, -0.05) is 37.4 Å². The van der Waals surface area contributed by atoms with E-state index in [1.54, 1.807) is 12.2 Å². The minimum absolute atomic E-state index is 0.0514. The van der Waals surface area contributed by atoms with Crippen LogP contribution in [0.1, 0.15) is 22.3 Å². The van der Waals surface area contributed by atoms with Crippen LogP contribution in [0.2, 0.25) is 0 Å². The summed E-state index contributed by atoms with van der Waals surface area (Å²) in [5.41, 5.74) is 3.82. The van der Waals surface area contributed by atoms with Gasteiger partial charge >= 0.3 is 0 Å². The molecule has 3 nitrogen and oxygen atoms in total. The van der Waals surface area contributed by atoms with E-state index >= 15 is 0 Å². The fourth-order valence-corrected chi connectivity index (χ4v) is 2.40. The Balaban J connectivity index is 2.37. The molecule has 0 aliphatic carbocycles. The third-order valence-electron chi connectivity index (χ3n) is 3.62. The quantitative estimate of drug-likeness (QED) is 0.779. The van der Waals surface area contributed by atoms with Crippen LogP contribution in [0.15, 0.2) is 49.6 Å². The summed E-state index contributed by atoms with van der Waals surface area (Å²) in [5, 5.41) is 18.5. The molecule has 2 aromatic rings. The van der Waals surface area contributed by atoms with Crippen molar-refractivity contribution in [2.24, 2.45) is 0 Å². The number of aliphatic hydroxyl groups excluding tert-OH is 2. The van der Waals surface area contributed by atoms with Crippen LogP contribution in [0.25, 0.3) is 12.2 Å². The molecule has 0 spiro atoms. The fourth-order valence-electron chi connectivity index (χ4n) is 2.40. The Bertz CT molecular complexity index is 630. The lowest BCUT2D eigenvalue weighted by Crippen LogP contribution is -2.00. The lowest BCUT2D eigenvalue weighted by atomic mass is 10.1. The highest BCUT2D eigenvalue weighted by Gasteiger charge is 2.09. The van der Waals surface area contributed by atoms with Crippen molar-refractivity contribution in [3.05, 3.63) is 71.8 Å². The van der Waals surface area contributed by atoms with Gasteiger partial charge in [-0.3, -0.25) is 0 Å². The first-order valence-electron chi connectivity index (χ1n) is 7.62. The molecule has 0 aliphatic heterocycles. The zero-order chi connectivity index (χ0) is 16.7. The van der Waals surface area contributed by atoms with E-state index < -0.39 is 0 Å². The van der Waals surface area contributed by atoms with Crippen molar-refractivity contribution in [2.75, 3.05) is 13.2 Å². The topological polar surface area (TPSA) is 49.7 Å². The highest BCUT2D eigenvalue weighted by molar-refractivity contribution is 5.55. The van der Waals surface area contributed by atoms with E-state index in [2.05, 4.69) is 13.2 Å². The smallest absolute Gasteiger partial charge is 0.130 e. The van der Waals surface area contributed by atoms with Crippen LogP contribution < -0.4 is 4.74 Å². The summed E-state index contributed by atoms with van der Waals surface area (Å²) in [5.74, 6) is 1.41. The van der Waals surface area contributed by atoms with Gasteiger partial charge in [0.05, 0.1) is 0 Å². The molecule has 2 N–H and O–H groups in total. The normalized spacial score (nSPS) is 10.3. The molecule has 0 fully saturated rings. The predicted octanol–water partition coefficient (Wildman–Crippen LogP) is 3.83. The first kappa shape index (κ1) is 17.0. The van der Waals surface area contributed by atoms with Gasteiger partial charge in [0.2, 0.25) is 0 Å². The van der Waals surface area contributed by atoms with Crippen molar-refractivity contribution in [3.63, 3.8) is 0 Å². The summed E-state index contributed by atoms with van der Waals surface area (Å²) in [4.78, 5) is 0. The lowest BCUT2D eigenvalue weighted by Gasteiger charge is -2.15. The van der Waals surface area contributed by atoms with Crippen molar-refractivity contribution < 1.29 is 14.9 Å². The standard InChI is InChI=1S/C20H22O3/c1-3-15-5-7-19(17(13-15)9-11-21)23-20-8-6-16(4-2)14-18(20)10-12-22/h3-8,13-14,21-22H,1-2,9-12H2. The maximum absolute atomic E-state index is 9.26. The zero-order valence-electron chi connectivity index (χ0n) is 13.2. The summed E-state index contributed by atoms with van der Waals surface area (Å²) >= 11 is 0. The fraction of sp³-hybridized carbons (Fsp3) is 0.200. The Morgan fingerprint density at radius 3 is 1.57 bits per heavy atom. The van der Waals surface area contributed by atoms with Crippen LogP contribution in [0, 0.1) is 0 Å². The molecule has 2 aromatic carbocycles. The van der Waals surface area contributed by atoms with E-state index in [1.165, 1.54) is 0 Å². The van der Waals surface area contributed by atoms with Crippen molar-refractivity contribution in [1.82, 2.24) is 0 Å².